The lowest BCUT2D eigenvalue weighted by atomic mass is 10.1. The van der Waals surface area contributed by atoms with Gasteiger partial charge in [-0.2, -0.15) is 0 Å². The van der Waals surface area contributed by atoms with E-state index >= 15 is 0 Å². The van der Waals surface area contributed by atoms with E-state index in [0.717, 1.165) is 22.3 Å². The maximum Gasteiger partial charge on any atom is 0.189 e. The summed E-state index contributed by atoms with van der Waals surface area (Å²) < 4.78 is 0. The van der Waals surface area contributed by atoms with Crippen molar-refractivity contribution in [1.82, 2.24) is 0 Å². The fourth-order valence-electron chi connectivity index (χ4n) is 2.33. The molecule has 0 amide bonds. The first-order valence-corrected chi connectivity index (χ1v) is 6.68. The minimum atomic E-state index is 0.0895. The standard InChI is InChI=1S/C16H10Cl2O/c17-13-6-10(7-14(18)9-13)5-12-8-11-3-1-2-4-15(11)16(12)19/h1-7,9H,8H2. The van der Waals surface area contributed by atoms with E-state index in [1.807, 2.05) is 30.3 Å². The second-order valence-corrected chi connectivity index (χ2v) is 5.41. The lowest BCUT2D eigenvalue weighted by molar-refractivity contribution is 0.104. The average molecular weight is 289 g/mol. The lowest BCUT2D eigenvalue weighted by Crippen LogP contribution is -1.94. The molecule has 0 fully saturated rings. The number of hydrogen-bond acceptors (Lipinski definition) is 1. The van der Waals surface area contributed by atoms with Gasteiger partial charge in [-0.1, -0.05) is 47.5 Å². The van der Waals surface area contributed by atoms with Crippen LogP contribution in [0.25, 0.3) is 6.08 Å². The average Bonchev–Trinajstić information content (AvgIpc) is 2.66. The van der Waals surface area contributed by atoms with E-state index < -0.39 is 0 Å². The molecule has 0 saturated carbocycles. The van der Waals surface area contributed by atoms with Crippen molar-refractivity contribution in [2.24, 2.45) is 0 Å². The Morgan fingerprint density at radius 3 is 2.37 bits per heavy atom. The number of carbonyl (C=O) groups is 1. The molecular formula is C16H10Cl2O. The van der Waals surface area contributed by atoms with Crippen LogP contribution in [-0.4, -0.2) is 5.78 Å². The molecule has 0 unspecified atom stereocenters. The fraction of sp³-hybridized carbons (Fsp3) is 0.0625. The summed E-state index contributed by atoms with van der Waals surface area (Å²) >= 11 is 11.9. The van der Waals surface area contributed by atoms with Gasteiger partial charge in [0.15, 0.2) is 5.78 Å². The SMILES string of the molecule is O=C1C(=Cc2cc(Cl)cc(Cl)c2)Cc2ccccc21. The van der Waals surface area contributed by atoms with Gasteiger partial charge in [0, 0.05) is 27.6 Å². The molecule has 2 aromatic carbocycles. The Balaban J connectivity index is 2.01. The van der Waals surface area contributed by atoms with Crippen LogP contribution in [0, 0.1) is 0 Å². The number of hydrogen-bond donors (Lipinski definition) is 0. The molecule has 0 atom stereocenters. The highest BCUT2D eigenvalue weighted by molar-refractivity contribution is 6.34. The molecule has 19 heavy (non-hydrogen) atoms. The van der Waals surface area contributed by atoms with E-state index in [1.165, 1.54) is 0 Å². The molecule has 0 aliphatic heterocycles. The van der Waals surface area contributed by atoms with Crippen LogP contribution in [0.15, 0.2) is 48.0 Å². The highest BCUT2D eigenvalue weighted by atomic mass is 35.5. The largest absolute Gasteiger partial charge is 0.289 e. The predicted molar refractivity (Wildman–Crippen MR) is 78.9 cm³/mol. The number of fused-ring (bicyclic) bond motifs is 1. The second-order valence-electron chi connectivity index (χ2n) is 4.54. The Labute approximate surface area is 121 Å². The maximum absolute atomic E-state index is 12.2. The van der Waals surface area contributed by atoms with Crippen LogP contribution in [0.3, 0.4) is 0 Å². The number of ketones is 1. The van der Waals surface area contributed by atoms with E-state index in [0.29, 0.717) is 16.5 Å². The van der Waals surface area contributed by atoms with Crippen molar-refractivity contribution >= 4 is 35.1 Å². The molecule has 2 aromatic rings. The second kappa shape index (κ2) is 4.84. The van der Waals surface area contributed by atoms with Crippen molar-refractivity contribution in [3.8, 4) is 0 Å². The number of benzene rings is 2. The Kier molecular flexibility index (Phi) is 3.17. The molecule has 0 spiro atoms. The van der Waals surface area contributed by atoms with Crippen LogP contribution in [0.2, 0.25) is 10.0 Å². The third kappa shape index (κ3) is 2.44. The minimum absolute atomic E-state index is 0.0895. The number of Topliss-reactive ketones (excluding diaryl/α,β-unsaturated/α-hetero) is 1. The number of rotatable bonds is 1. The minimum Gasteiger partial charge on any atom is -0.289 e. The normalized spacial score (nSPS) is 15.9. The summed E-state index contributed by atoms with van der Waals surface area (Å²) in [7, 11) is 0. The molecule has 1 aliphatic rings. The van der Waals surface area contributed by atoms with Gasteiger partial charge in [-0.15, -0.1) is 0 Å². The van der Waals surface area contributed by atoms with Crippen molar-refractivity contribution in [1.29, 1.82) is 0 Å². The first kappa shape index (κ1) is 12.5. The molecular weight excluding hydrogens is 279 g/mol. The van der Waals surface area contributed by atoms with Gasteiger partial charge in [0.25, 0.3) is 0 Å². The van der Waals surface area contributed by atoms with Crippen LogP contribution in [0.1, 0.15) is 21.5 Å². The van der Waals surface area contributed by atoms with Gasteiger partial charge in [0.1, 0.15) is 0 Å². The zero-order valence-corrected chi connectivity index (χ0v) is 11.5. The first-order chi connectivity index (χ1) is 9.13. The van der Waals surface area contributed by atoms with E-state index in [2.05, 4.69) is 0 Å². The van der Waals surface area contributed by atoms with E-state index in [9.17, 15) is 4.79 Å². The zero-order valence-electron chi connectivity index (χ0n) is 9.99. The quantitative estimate of drug-likeness (QED) is 0.688. The van der Waals surface area contributed by atoms with Gasteiger partial charge in [-0.05, 0) is 35.4 Å². The summed E-state index contributed by atoms with van der Waals surface area (Å²) in [4.78, 5) is 12.2. The van der Waals surface area contributed by atoms with Gasteiger partial charge in [0.05, 0.1) is 0 Å². The Morgan fingerprint density at radius 1 is 1.00 bits per heavy atom. The smallest absolute Gasteiger partial charge is 0.189 e. The Bertz CT molecular complexity index is 681. The Morgan fingerprint density at radius 2 is 1.68 bits per heavy atom. The molecule has 94 valence electrons. The van der Waals surface area contributed by atoms with Gasteiger partial charge < -0.3 is 0 Å². The van der Waals surface area contributed by atoms with Crippen molar-refractivity contribution in [3.05, 3.63) is 74.8 Å². The summed E-state index contributed by atoms with van der Waals surface area (Å²) in [6.45, 7) is 0. The van der Waals surface area contributed by atoms with Crippen molar-refractivity contribution in [2.75, 3.05) is 0 Å². The van der Waals surface area contributed by atoms with Crippen molar-refractivity contribution in [3.63, 3.8) is 0 Å². The Hall–Kier alpha value is -1.57. The molecule has 0 heterocycles. The third-order valence-electron chi connectivity index (χ3n) is 3.16. The molecule has 3 rings (SSSR count). The van der Waals surface area contributed by atoms with Crippen molar-refractivity contribution < 1.29 is 4.79 Å². The van der Waals surface area contributed by atoms with Gasteiger partial charge in [-0.3, -0.25) is 4.79 Å². The van der Waals surface area contributed by atoms with Crippen LogP contribution < -0.4 is 0 Å². The molecule has 0 radical (unpaired) electrons. The molecule has 0 aromatic heterocycles. The van der Waals surface area contributed by atoms with Crippen LogP contribution in [0.5, 0.6) is 0 Å². The molecule has 1 aliphatic carbocycles. The summed E-state index contributed by atoms with van der Waals surface area (Å²) in [5, 5.41) is 1.14. The monoisotopic (exact) mass is 288 g/mol. The lowest BCUT2D eigenvalue weighted by Gasteiger charge is -1.99. The predicted octanol–water partition coefficient (Wildman–Crippen LogP) is 4.82. The third-order valence-corrected chi connectivity index (χ3v) is 3.60. The molecule has 1 nitrogen and oxygen atoms in total. The van der Waals surface area contributed by atoms with Crippen LogP contribution >= 0.6 is 23.2 Å². The number of halogens is 2. The molecule has 0 saturated heterocycles. The summed E-state index contributed by atoms with van der Waals surface area (Å²) in [6, 6.07) is 13.0. The molecule has 0 N–H and O–H groups in total. The number of allylic oxidation sites excluding steroid dienone is 1. The van der Waals surface area contributed by atoms with E-state index in [4.69, 9.17) is 23.2 Å². The summed E-state index contributed by atoms with van der Waals surface area (Å²) in [5.74, 6) is 0.0895. The fourth-order valence-corrected chi connectivity index (χ4v) is 2.87. The van der Waals surface area contributed by atoms with Crippen LogP contribution in [-0.2, 0) is 6.42 Å². The maximum atomic E-state index is 12.2. The zero-order chi connectivity index (χ0) is 13.4. The topological polar surface area (TPSA) is 17.1 Å². The number of carbonyl (C=O) groups excluding carboxylic acids is 1. The first-order valence-electron chi connectivity index (χ1n) is 5.93. The van der Waals surface area contributed by atoms with Gasteiger partial charge in [0.2, 0.25) is 0 Å². The summed E-state index contributed by atoms with van der Waals surface area (Å²) in [5.41, 5.74) is 3.50. The highest BCUT2D eigenvalue weighted by Crippen LogP contribution is 2.28. The van der Waals surface area contributed by atoms with Crippen molar-refractivity contribution in [2.45, 2.75) is 6.42 Å². The molecule has 3 heteroatoms. The summed E-state index contributed by atoms with van der Waals surface area (Å²) in [6.07, 6.45) is 2.53. The van der Waals surface area contributed by atoms with Gasteiger partial charge >= 0.3 is 0 Å². The van der Waals surface area contributed by atoms with Gasteiger partial charge in [-0.25, -0.2) is 0 Å². The molecule has 0 bridgehead atoms. The van der Waals surface area contributed by atoms with Crippen LogP contribution in [0.4, 0.5) is 0 Å². The van der Waals surface area contributed by atoms with E-state index in [-0.39, 0.29) is 5.78 Å². The highest BCUT2D eigenvalue weighted by Gasteiger charge is 2.23. The van der Waals surface area contributed by atoms with E-state index in [1.54, 1.807) is 18.2 Å².